The van der Waals surface area contributed by atoms with E-state index in [2.05, 4.69) is 4.98 Å². The molecule has 0 aliphatic rings. The summed E-state index contributed by atoms with van der Waals surface area (Å²) in [4.78, 5) is 16.3. The highest BCUT2D eigenvalue weighted by atomic mass is 35.5. The van der Waals surface area contributed by atoms with Gasteiger partial charge in [0.1, 0.15) is 0 Å². The van der Waals surface area contributed by atoms with Crippen LogP contribution in [0.25, 0.3) is 16.7 Å². The van der Waals surface area contributed by atoms with Crippen molar-refractivity contribution in [1.82, 2.24) is 9.55 Å². The predicted octanol–water partition coefficient (Wildman–Crippen LogP) is 3.27. The number of rotatable bonds is 1. The van der Waals surface area contributed by atoms with Crippen molar-refractivity contribution in [2.75, 3.05) is 5.73 Å². The quantitative estimate of drug-likeness (QED) is 0.750. The maximum absolute atomic E-state index is 12.3. The van der Waals surface area contributed by atoms with Gasteiger partial charge >= 0.3 is 0 Å². The molecule has 0 radical (unpaired) electrons. The number of aromatic nitrogens is 2. The maximum atomic E-state index is 12.3. The maximum Gasteiger partial charge on any atom is 0.298 e. The molecule has 0 bridgehead atoms. The number of nitrogens with two attached hydrogens (primary N) is 1. The minimum atomic E-state index is -0.387. The fraction of sp³-hybridized carbons (Fsp3) is 0. The minimum absolute atomic E-state index is 0.0836. The Morgan fingerprint density at radius 3 is 2.40 bits per heavy atom. The van der Waals surface area contributed by atoms with Crippen LogP contribution in [0.2, 0.25) is 10.0 Å². The van der Waals surface area contributed by atoms with E-state index in [9.17, 15) is 4.79 Å². The first-order valence-corrected chi connectivity index (χ1v) is 6.56. The third-order valence-electron chi connectivity index (χ3n) is 2.94. The van der Waals surface area contributed by atoms with Crippen molar-refractivity contribution in [2.45, 2.75) is 0 Å². The summed E-state index contributed by atoms with van der Waals surface area (Å²) >= 11 is 12.0. The van der Waals surface area contributed by atoms with Crippen molar-refractivity contribution in [3.63, 3.8) is 0 Å². The zero-order valence-electron chi connectivity index (χ0n) is 10.2. The van der Waals surface area contributed by atoms with Gasteiger partial charge in [0.15, 0.2) is 5.82 Å². The van der Waals surface area contributed by atoms with E-state index in [0.717, 1.165) is 0 Å². The molecule has 6 heteroatoms. The topological polar surface area (TPSA) is 60.9 Å². The fourth-order valence-corrected chi connectivity index (χ4v) is 2.35. The van der Waals surface area contributed by atoms with Crippen molar-refractivity contribution >= 4 is 40.1 Å². The number of fused-ring (bicyclic) bond motifs is 1. The zero-order chi connectivity index (χ0) is 14.3. The summed E-state index contributed by atoms with van der Waals surface area (Å²) in [6.45, 7) is 0. The second-order valence-corrected chi connectivity index (χ2v) is 5.04. The Morgan fingerprint density at radius 1 is 1.05 bits per heavy atom. The second-order valence-electron chi connectivity index (χ2n) is 4.23. The van der Waals surface area contributed by atoms with Gasteiger partial charge in [-0.25, -0.2) is 4.98 Å². The van der Waals surface area contributed by atoms with Gasteiger partial charge in [0, 0.05) is 5.69 Å². The molecular weight excluding hydrogens is 297 g/mol. The highest BCUT2D eigenvalue weighted by Gasteiger charge is 2.12. The summed E-state index contributed by atoms with van der Waals surface area (Å²) in [5.41, 5.74) is 7.07. The molecule has 4 nitrogen and oxygen atoms in total. The van der Waals surface area contributed by atoms with Gasteiger partial charge in [0.2, 0.25) is 0 Å². The van der Waals surface area contributed by atoms with E-state index in [1.54, 1.807) is 12.1 Å². The molecule has 2 N–H and O–H groups in total. The van der Waals surface area contributed by atoms with Gasteiger partial charge in [-0.05, 0) is 24.3 Å². The molecule has 0 aliphatic heterocycles. The number of nitrogens with zero attached hydrogens (tertiary/aromatic N) is 2. The van der Waals surface area contributed by atoms with E-state index >= 15 is 0 Å². The third-order valence-corrected chi connectivity index (χ3v) is 3.66. The van der Waals surface area contributed by atoms with Crippen molar-refractivity contribution in [1.29, 1.82) is 0 Å². The number of para-hydroxylation sites is 1. The highest BCUT2D eigenvalue weighted by molar-refractivity contribution is 6.42. The predicted molar refractivity (Wildman–Crippen MR) is 81.8 cm³/mol. The summed E-state index contributed by atoms with van der Waals surface area (Å²) in [6, 6.07) is 12.4. The first-order chi connectivity index (χ1) is 9.58. The minimum Gasteiger partial charge on any atom is -0.379 e. The summed E-state index contributed by atoms with van der Waals surface area (Å²) in [6.07, 6.45) is 0. The van der Waals surface area contributed by atoms with E-state index < -0.39 is 0 Å². The molecule has 1 heterocycles. The Bertz CT molecular complexity index is 860. The van der Waals surface area contributed by atoms with Crippen LogP contribution in [0, 0.1) is 0 Å². The molecule has 0 saturated carbocycles. The monoisotopic (exact) mass is 305 g/mol. The number of anilines is 1. The Hall–Kier alpha value is -2.04. The smallest absolute Gasteiger partial charge is 0.298 e. The lowest BCUT2D eigenvalue weighted by Crippen LogP contribution is -2.23. The van der Waals surface area contributed by atoms with Gasteiger partial charge in [0.25, 0.3) is 5.56 Å². The Labute approximate surface area is 124 Å². The van der Waals surface area contributed by atoms with Crippen LogP contribution in [-0.2, 0) is 0 Å². The number of halogens is 2. The fourth-order valence-electron chi connectivity index (χ4n) is 2.03. The molecule has 3 rings (SSSR count). The van der Waals surface area contributed by atoms with Gasteiger partial charge in [-0.1, -0.05) is 41.4 Å². The molecule has 0 saturated heterocycles. The third kappa shape index (κ3) is 2.03. The average Bonchev–Trinajstić information content (AvgIpc) is 2.44. The molecular formula is C14H9Cl2N3O. The van der Waals surface area contributed by atoms with Gasteiger partial charge < -0.3 is 5.73 Å². The van der Waals surface area contributed by atoms with Crippen LogP contribution in [0.15, 0.2) is 47.3 Å². The van der Waals surface area contributed by atoms with Gasteiger partial charge in [-0.2, -0.15) is 0 Å². The van der Waals surface area contributed by atoms with Crippen molar-refractivity contribution in [2.24, 2.45) is 0 Å². The summed E-state index contributed by atoms with van der Waals surface area (Å²) in [7, 11) is 0. The number of nitrogen functional groups attached to an aromatic ring is 1. The number of hydrogen-bond acceptors (Lipinski definition) is 3. The van der Waals surface area contributed by atoms with E-state index in [-0.39, 0.29) is 11.4 Å². The Balaban J connectivity index is 2.49. The lowest BCUT2D eigenvalue weighted by molar-refractivity contribution is 1.02. The SMILES string of the molecule is Nc1nc2cc(Cl)c(Cl)cc2n(-c2ccccc2)c1=O. The standard InChI is InChI=1S/C14H9Cl2N3O/c15-9-6-11-12(7-10(9)16)19(14(20)13(17)18-11)8-4-2-1-3-5-8/h1-7H,(H2,17,18). The summed E-state index contributed by atoms with van der Waals surface area (Å²) in [5, 5.41) is 0.721. The van der Waals surface area contributed by atoms with Crippen molar-refractivity contribution in [3.8, 4) is 5.69 Å². The Kier molecular flexibility index (Phi) is 3.12. The van der Waals surface area contributed by atoms with Crippen molar-refractivity contribution < 1.29 is 0 Å². The first kappa shape index (κ1) is 13.0. The number of benzene rings is 2. The van der Waals surface area contributed by atoms with E-state index in [4.69, 9.17) is 28.9 Å². The van der Waals surface area contributed by atoms with Crippen molar-refractivity contribution in [3.05, 3.63) is 62.9 Å². The highest BCUT2D eigenvalue weighted by Crippen LogP contribution is 2.27. The summed E-state index contributed by atoms with van der Waals surface area (Å²) in [5.74, 6) is -0.0836. The lowest BCUT2D eigenvalue weighted by Gasteiger charge is -2.11. The number of hydrogen-bond donors (Lipinski definition) is 1. The summed E-state index contributed by atoms with van der Waals surface area (Å²) < 4.78 is 1.47. The average molecular weight is 306 g/mol. The first-order valence-electron chi connectivity index (χ1n) is 5.80. The Morgan fingerprint density at radius 2 is 1.70 bits per heavy atom. The molecule has 2 aromatic carbocycles. The second kappa shape index (κ2) is 4.81. The molecule has 0 fully saturated rings. The molecule has 20 heavy (non-hydrogen) atoms. The molecule has 100 valence electrons. The van der Waals surface area contributed by atoms with Crippen LogP contribution in [-0.4, -0.2) is 9.55 Å². The van der Waals surface area contributed by atoms with Gasteiger partial charge in [-0.3, -0.25) is 9.36 Å². The van der Waals surface area contributed by atoms with Crippen LogP contribution in [0.1, 0.15) is 0 Å². The van der Waals surface area contributed by atoms with Crippen LogP contribution in [0.3, 0.4) is 0 Å². The van der Waals surface area contributed by atoms with Crippen LogP contribution in [0.4, 0.5) is 5.82 Å². The molecule has 0 aliphatic carbocycles. The normalized spacial score (nSPS) is 10.9. The van der Waals surface area contributed by atoms with Crippen LogP contribution < -0.4 is 11.3 Å². The molecule has 0 spiro atoms. The molecule has 3 aromatic rings. The van der Waals surface area contributed by atoms with Gasteiger partial charge in [0.05, 0.1) is 21.1 Å². The molecule has 0 unspecified atom stereocenters. The van der Waals surface area contributed by atoms with Crippen LogP contribution in [0.5, 0.6) is 0 Å². The van der Waals surface area contributed by atoms with E-state index in [1.807, 2.05) is 30.3 Å². The van der Waals surface area contributed by atoms with E-state index in [1.165, 1.54) is 4.57 Å². The van der Waals surface area contributed by atoms with Crippen LogP contribution >= 0.6 is 23.2 Å². The zero-order valence-corrected chi connectivity index (χ0v) is 11.7. The largest absolute Gasteiger partial charge is 0.379 e. The van der Waals surface area contributed by atoms with Gasteiger partial charge in [-0.15, -0.1) is 0 Å². The molecule has 1 aromatic heterocycles. The molecule has 0 amide bonds. The lowest BCUT2D eigenvalue weighted by atomic mass is 10.2. The molecule has 0 atom stereocenters. The van der Waals surface area contributed by atoms with E-state index in [0.29, 0.717) is 26.8 Å².